The van der Waals surface area contributed by atoms with Gasteiger partial charge in [0.25, 0.3) is 6.01 Å². The summed E-state index contributed by atoms with van der Waals surface area (Å²) in [6, 6.07) is 1.71. The summed E-state index contributed by atoms with van der Waals surface area (Å²) in [5.74, 6) is 0. The summed E-state index contributed by atoms with van der Waals surface area (Å²) in [6.45, 7) is 2.52. The van der Waals surface area contributed by atoms with Crippen LogP contribution in [0.5, 0.6) is 6.01 Å². The van der Waals surface area contributed by atoms with Gasteiger partial charge in [-0.15, -0.1) is 0 Å². The standard InChI is InChI=1S/C11H14ClN3O2/c1-3-8(6-17-2)15-9-4-7(12)5-13-10(9)14-11(15)16/h4-5,8H,3,6H2,1-2H3,(H,13,14,16). The minimum atomic E-state index is -0.0568. The molecule has 2 aromatic heterocycles. The number of aromatic nitrogens is 3. The van der Waals surface area contributed by atoms with Crippen molar-refractivity contribution in [3.63, 3.8) is 0 Å². The fraction of sp³-hybridized carbons (Fsp3) is 0.455. The molecule has 0 saturated carbocycles. The molecule has 1 N–H and O–H groups in total. The van der Waals surface area contributed by atoms with E-state index in [4.69, 9.17) is 16.3 Å². The van der Waals surface area contributed by atoms with Crippen LogP contribution >= 0.6 is 11.6 Å². The van der Waals surface area contributed by atoms with Gasteiger partial charge in [-0.3, -0.25) is 4.57 Å². The smallest absolute Gasteiger partial charge is 0.296 e. The topological polar surface area (TPSA) is 60.2 Å². The summed E-state index contributed by atoms with van der Waals surface area (Å²) in [4.78, 5) is 8.07. The van der Waals surface area contributed by atoms with Gasteiger partial charge in [-0.05, 0) is 12.5 Å². The van der Waals surface area contributed by atoms with Crippen LogP contribution in [0, 0.1) is 0 Å². The molecular formula is C11H14ClN3O2. The van der Waals surface area contributed by atoms with E-state index in [1.54, 1.807) is 17.7 Å². The largest absolute Gasteiger partial charge is 0.480 e. The van der Waals surface area contributed by atoms with E-state index in [0.29, 0.717) is 17.3 Å². The van der Waals surface area contributed by atoms with Crippen LogP contribution in [0.3, 0.4) is 0 Å². The van der Waals surface area contributed by atoms with Gasteiger partial charge in [0.1, 0.15) is 0 Å². The van der Waals surface area contributed by atoms with E-state index >= 15 is 0 Å². The predicted octanol–water partition coefficient (Wildman–Crippen LogP) is 2.39. The molecule has 0 aliphatic heterocycles. The zero-order chi connectivity index (χ0) is 12.4. The number of pyridine rings is 1. The van der Waals surface area contributed by atoms with Crippen molar-refractivity contribution in [2.24, 2.45) is 0 Å². The minimum absolute atomic E-state index is 0.0188. The quantitative estimate of drug-likeness (QED) is 0.911. The molecule has 5 nitrogen and oxygen atoms in total. The molecule has 17 heavy (non-hydrogen) atoms. The van der Waals surface area contributed by atoms with Gasteiger partial charge in [-0.2, -0.15) is 4.98 Å². The molecular weight excluding hydrogens is 242 g/mol. The third-order valence-electron chi connectivity index (χ3n) is 2.69. The molecule has 0 aliphatic carbocycles. The Bertz CT molecular complexity index is 527. The van der Waals surface area contributed by atoms with Crippen LogP contribution in [-0.2, 0) is 4.74 Å². The first-order valence-electron chi connectivity index (χ1n) is 5.38. The lowest BCUT2D eigenvalue weighted by molar-refractivity contribution is 0.150. The number of fused-ring (bicyclic) bond motifs is 1. The van der Waals surface area contributed by atoms with E-state index in [9.17, 15) is 5.11 Å². The maximum absolute atomic E-state index is 9.87. The highest BCUT2D eigenvalue weighted by molar-refractivity contribution is 6.31. The molecule has 1 unspecified atom stereocenters. The lowest BCUT2D eigenvalue weighted by Gasteiger charge is -2.17. The van der Waals surface area contributed by atoms with Gasteiger partial charge >= 0.3 is 0 Å². The van der Waals surface area contributed by atoms with Crippen LogP contribution in [0.25, 0.3) is 11.2 Å². The Balaban J connectivity index is 2.57. The average molecular weight is 256 g/mol. The van der Waals surface area contributed by atoms with E-state index < -0.39 is 0 Å². The summed E-state index contributed by atoms with van der Waals surface area (Å²) >= 11 is 5.91. The van der Waals surface area contributed by atoms with Gasteiger partial charge in [-0.1, -0.05) is 18.5 Å². The number of hydrogen-bond acceptors (Lipinski definition) is 4. The minimum Gasteiger partial charge on any atom is -0.480 e. The van der Waals surface area contributed by atoms with Crippen molar-refractivity contribution < 1.29 is 9.84 Å². The normalized spacial score (nSPS) is 13.1. The third kappa shape index (κ3) is 2.21. The Morgan fingerprint density at radius 2 is 2.35 bits per heavy atom. The zero-order valence-electron chi connectivity index (χ0n) is 9.72. The number of rotatable bonds is 4. The number of nitrogens with zero attached hydrogens (tertiary/aromatic N) is 3. The summed E-state index contributed by atoms with van der Waals surface area (Å²) < 4.78 is 6.85. The van der Waals surface area contributed by atoms with Crippen molar-refractivity contribution >= 4 is 22.8 Å². The molecule has 0 bridgehead atoms. The number of hydrogen-bond donors (Lipinski definition) is 1. The van der Waals surface area contributed by atoms with E-state index in [2.05, 4.69) is 9.97 Å². The third-order valence-corrected chi connectivity index (χ3v) is 2.90. The van der Waals surface area contributed by atoms with Gasteiger partial charge in [0.05, 0.1) is 23.2 Å². The number of aromatic hydroxyl groups is 1. The first-order chi connectivity index (χ1) is 8.17. The van der Waals surface area contributed by atoms with E-state index in [0.717, 1.165) is 11.9 Å². The van der Waals surface area contributed by atoms with Crippen LogP contribution in [0.4, 0.5) is 0 Å². The average Bonchev–Trinajstić information content (AvgIpc) is 2.62. The van der Waals surface area contributed by atoms with E-state index in [1.807, 2.05) is 6.92 Å². The van der Waals surface area contributed by atoms with Crippen LogP contribution in [-0.4, -0.2) is 33.4 Å². The van der Waals surface area contributed by atoms with Gasteiger partial charge in [-0.25, -0.2) is 4.98 Å². The van der Waals surface area contributed by atoms with Gasteiger partial charge in [0.2, 0.25) is 0 Å². The zero-order valence-corrected chi connectivity index (χ0v) is 10.5. The second-order valence-corrected chi connectivity index (χ2v) is 4.23. The van der Waals surface area contributed by atoms with Crippen molar-refractivity contribution in [3.8, 4) is 6.01 Å². The number of imidazole rings is 1. The fourth-order valence-electron chi connectivity index (χ4n) is 1.87. The predicted molar refractivity (Wildman–Crippen MR) is 65.4 cm³/mol. The van der Waals surface area contributed by atoms with Crippen molar-refractivity contribution in [1.29, 1.82) is 0 Å². The first kappa shape index (κ1) is 12.1. The molecule has 1 atom stereocenters. The Labute approximate surface area is 104 Å². The molecule has 2 heterocycles. The van der Waals surface area contributed by atoms with E-state index in [-0.39, 0.29) is 12.1 Å². The molecule has 0 spiro atoms. The molecule has 6 heteroatoms. The number of halogens is 1. The highest BCUT2D eigenvalue weighted by Gasteiger charge is 2.18. The van der Waals surface area contributed by atoms with Crippen molar-refractivity contribution in [3.05, 3.63) is 17.3 Å². The molecule has 0 aromatic carbocycles. The first-order valence-corrected chi connectivity index (χ1v) is 5.76. The Morgan fingerprint density at radius 1 is 1.59 bits per heavy atom. The Kier molecular flexibility index (Phi) is 3.49. The lowest BCUT2D eigenvalue weighted by atomic mass is 10.2. The summed E-state index contributed by atoms with van der Waals surface area (Å²) in [5.41, 5.74) is 1.21. The molecule has 2 aromatic rings. The summed E-state index contributed by atoms with van der Waals surface area (Å²) in [7, 11) is 1.63. The fourth-order valence-corrected chi connectivity index (χ4v) is 2.02. The van der Waals surface area contributed by atoms with Gasteiger partial charge in [0.15, 0.2) is 5.65 Å². The monoisotopic (exact) mass is 255 g/mol. The van der Waals surface area contributed by atoms with Crippen LogP contribution < -0.4 is 0 Å². The van der Waals surface area contributed by atoms with E-state index in [1.165, 1.54) is 6.20 Å². The molecule has 0 aliphatic rings. The maximum Gasteiger partial charge on any atom is 0.296 e. The molecule has 0 amide bonds. The molecule has 0 saturated heterocycles. The van der Waals surface area contributed by atoms with Crippen LogP contribution in [0.2, 0.25) is 5.02 Å². The molecule has 0 radical (unpaired) electrons. The van der Waals surface area contributed by atoms with Crippen molar-refractivity contribution in [1.82, 2.24) is 14.5 Å². The second kappa shape index (κ2) is 4.89. The van der Waals surface area contributed by atoms with Gasteiger partial charge < -0.3 is 9.84 Å². The second-order valence-electron chi connectivity index (χ2n) is 3.80. The van der Waals surface area contributed by atoms with Crippen molar-refractivity contribution in [2.75, 3.05) is 13.7 Å². The molecule has 0 fully saturated rings. The summed E-state index contributed by atoms with van der Waals surface area (Å²) in [6.07, 6.45) is 2.33. The lowest BCUT2D eigenvalue weighted by Crippen LogP contribution is -2.13. The summed E-state index contributed by atoms with van der Waals surface area (Å²) in [5, 5.41) is 10.4. The van der Waals surface area contributed by atoms with Crippen LogP contribution in [0.15, 0.2) is 12.3 Å². The Hall–Kier alpha value is -1.33. The SMILES string of the molecule is CCC(COC)n1c(O)nc2ncc(Cl)cc21. The van der Waals surface area contributed by atoms with Gasteiger partial charge in [0, 0.05) is 13.3 Å². The highest BCUT2D eigenvalue weighted by atomic mass is 35.5. The highest BCUT2D eigenvalue weighted by Crippen LogP contribution is 2.27. The number of ether oxygens (including phenoxy) is 1. The number of methoxy groups -OCH3 is 1. The van der Waals surface area contributed by atoms with Crippen LogP contribution in [0.1, 0.15) is 19.4 Å². The van der Waals surface area contributed by atoms with Crippen molar-refractivity contribution in [2.45, 2.75) is 19.4 Å². The Morgan fingerprint density at radius 3 is 3.00 bits per heavy atom. The molecule has 2 rings (SSSR count). The molecule has 92 valence electrons. The maximum atomic E-state index is 9.87.